The van der Waals surface area contributed by atoms with E-state index in [0.29, 0.717) is 5.92 Å². The molecule has 18 heavy (non-hydrogen) atoms. The topological polar surface area (TPSA) is 63.3 Å². The zero-order chi connectivity index (χ0) is 13.0. The third-order valence-corrected chi connectivity index (χ3v) is 3.89. The van der Waals surface area contributed by atoms with E-state index < -0.39 is 12.0 Å². The molecule has 3 nitrogen and oxygen atoms in total. The quantitative estimate of drug-likeness (QED) is 0.806. The monoisotopic (exact) mass is 247 g/mol. The smallest absolute Gasteiger partial charge is 0.325 e. The van der Waals surface area contributed by atoms with E-state index in [1.165, 1.54) is 25.7 Å². The number of nitrogens with two attached hydrogens (primary N) is 1. The summed E-state index contributed by atoms with van der Waals surface area (Å²) in [5, 5.41) is 9.09. The first kappa shape index (κ1) is 13.1. The second-order valence-corrected chi connectivity index (χ2v) is 5.13. The van der Waals surface area contributed by atoms with Crippen LogP contribution in [0.2, 0.25) is 0 Å². The second-order valence-electron chi connectivity index (χ2n) is 5.13. The van der Waals surface area contributed by atoms with Crippen LogP contribution >= 0.6 is 0 Å². The fraction of sp³-hybridized carbons (Fsp3) is 0.533. The van der Waals surface area contributed by atoms with Gasteiger partial charge in [0, 0.05) is 0 Å². The van der Waals surface area contributed by atoms with Crippen molar-refractivity contribution >= 4 is 5.97 Å². The van der Waals surface area contributed by atoms with Gasteiger partial charge in [-0.1, -0.05) is 49.9 Å². The minimum atomic E-state index is -0.948. The number of rotatable bonds is 3. The van der Waals surface area contributed by atoms with Gasteiger partial charge in [0.05, 0.1) is 0 Å². The zero-order valence-electron chi connectivity index (χ0n) is 10.6. The minimum absolute atomic E-state index is 0.481. The Bertz CT molecular complexity index is 409. The first-order chi connectivity index (χ1) is 8.70. The summed E-state index contributed by atoms with van der Waals surface area (Å²) in [5.41, 5.74) is 7.72. The van der Waals surface area contributed by atoms with E-state index in [-0.39, 0.29) is 0 Å². The van der Waals surface area contributed by atoms with Crippen molar-refractivity contribution in [3.05, 3.63) is 35.4 Å². The molecule has 0 spiro atoms. The number of carboxylic acids is 1. The first-order valence-corrected chi connectivity index (χ1v) is 6.77. The highest BCUT2D eigenvalue weighted by atomic mass is 16.4. The Balaban J connectivity index is 2.28. The average Bonchev–Trinajstić information content (AvgIpc) is 2.66. The van der Waals surface area contributed by atoms with Crippen molar-refractivity contribution in [3.8, 4) is 0 Å². The van der Waals surface area contributed by atoms with Crippen molar-refractivity contribution in [3.63, 3.8) is 0 Å². The van der Waals surface area contributed by atoms with Gasteiger partial charge in [0.2, 0.25) is 0 Å². The van der Waals surface area contributed by atoms with Crippen molar-refractivity contribution in [2.24, 2.45) is 5.73 Å². The van der Waals surface area contributed by atoms with Gasteiger partial charge in [-0.3, -0.25) is 4.79 Å². The Morgan fingerprint density at radius 1 is 1.17 bits per heavy atom. The third-order valence-electron chi connectivity index (χ3n) is 3.89. The third kappa shape index (κ3) is 2.91. The summed E-state index contributed by atoms with van der Waals surface area (Å²) in [5.74, 6) is -0.467. The van der Waals surface area contributed by atoms with Crippen LogP contribution in [0, 0.1) is 0 Å². The summed E-state index contributed by atoms with van der Waals surface area (Å²) in [6.45, 7) is 0. The lowest BCUT2D eigenvalue weighted by molar-refractivity contribution is -0.138. The second kappa shape index (κ2) is 6.01. The molecule has 98 valence electrons. The normalized spacial score (nSPS) is 19.2. The molecule has 1 aromatic rings. The van der Waals surface area contributed by atoms with Gasteiger partial charge in [-0.15, -0.1) is 0 Å². The van der Waals surface area contributed by atoms with E-state index >= 15 is 0 Å². The highest BCUT2D eigenvalue weighted by Crippen LogP contribution is 2.34. The van der Waals surface area contributed by atoms with Gasteiger partial charge in [0.25, 0.3) is 0 Å². The average molecular weight is 247 g/mol. The standard InChI is InChI=1S/C15H21NO2/c16-14(15(17)18)13-10-6-5-9-12(13)11-7-3-1-2-4-8-11/h5-6,9-11,14H,1-4,7-8,16H2,(H,17,18). The molecule has 0 radical (unpaired) electrons. The lowest BCUT2D eigenvalue weighted by atomic mass is 9.86. The van der Waals surface area contributed by atoms with Crippen molar-refractivity contribution in [2.75, 3.05) is 0 Å². The van der Waals surface area contributed by atoms with Crippen LogP contribution in [0.5, 0.6) is 0 Å². The van der Waals surface area contributed by atoms with E-state index in [2.05, 4.69) is 0 Å². The van der Waals surface area contributed by atoms with Crippen LogP contribution in [0.1, 0.15) is 61.6 Å². The van der Waals surface area contributed by atoms with Crippen LogP contribution in [0.15, 0.2) is 24.3 Å². The summed E-state index contributed by atoms with van der Waals surface area (Å²) in [6.07, 6.45) is 7.38. The highest BCUT2D eigenvalue weighted by Gasteiger charge is 2.22. The first-order valence-electron chi connectivity index (χ1n) is 6.77. The molecule has 1 fully saturated rings. The van der Waals surface area contributed by atoms with Crippen molar-refractivity contribution < 1.29 is 9.90 Å². The molecule has 0 saturated heterocycles. The van der Waals surface area contributed by atoms with Gasteiger partial charge < -0.3 is 10.8 Å². The van der Waals surface area contributed by atoms with Crippen molar-refractivity contribution in [1.82, 2.24) is 0 Å². The molecular weight excluding hydrogens is 226 g/mol. The molecule has 1 atom stereocenters. The molecule has 3 heteroatoms. The van der Waals surface area contributed by atoms with Crippen LogP contribution in [0.4, 0.5) is 0 Å². The number of aliphatic carboxylic acids is 1. The Labute approximate surface area is 108 Å². The minimum Gasteiger partial charge on any atom is -0.480 e. The van der Waals surface area contributed by atoms with Crippen LogP contribution < -0.4 is 5.73 Å². The Hall–Kier alpha value is -1.35. The van der Waals surface area contributed by atoms with Crippen LogP contribution in [-0.2, 0) is 4.79 Å². The predicted molar refractivity (Wildman–Crippen MR) is 71.4 cm³/mol. The lowest BCUT2D eigenvalue weighted by Gasteiger charge is -2.20. The zero-order valence-corrected chi connectivity index (χ0v) is 10.6. The van der Waals surface area contributed by atoms with E-state index in [1.807, 2.05) is 24.3 Å². The predicted octanol–water partition coefficient (Wildman–Crippen LogP) is 3.21. The molecule has 0 amide bonds. The molecule has 1 unspecified atom stereocenters. The van der Waals surface area contributed by atoms with Gasteiger partial charge in [-0.25, -0.2) is 0 Å². The SMILES string of the molecule is NC(C(=O)O)c1ccccc1C1CCCCCC1. The maximum absolute atomic E-state index is 11.1. The highest BCUT2D eigenvalue weighted by molar-refractivity contribution is 5.75. The maximum Gasteiger partial charge on any atom is 0.325 e. The molecule has 0 aromatic heterocycles. The van der Waals surface area contributed by atoms with E-state index in [0.717, 1.165) is 24.0 Å². The van der Waals surface area contributed by atoms with Crippen molar-refractivity contribution in [2.45, 2.75) is 50.5 Å². The molecule has 3 N–H and O–H groups in total. The lowest BCUT2D eigenvalue weighted by Crippen LogP contribution is -2.22. The number of carboxylic acid groups (broad SMARTS) is 1. The summed E-state index contributed by atoms with van der Waals surface area (Å²) in [6, 6.07) is 6.87. The van der Waals surface area contributed by atoms with E-state index in [1.54, 1.807) is 0 Å². The van der Waals surface area contributed by atoms with Crippen molar-refractivity contribution in [1.29, 1.82) is 0 Å². The summed E-state index contributed by atoms with van der Waals surface area (Å²) < 4.78 is 0. The maximum atomic E-state index is 11.1. The fourth-order valence-corrected chi connectivity index (χ4v) is 2.89. The van der Waals surface area contributed by atoms with Gasteiger partial charge in [0.15, 0.2) is 0 Å². The Morgan fingerprint density at radius 3 is 2.39 bits per heavy atom. The van der Waals surface area contributed by atoms with Crippen LogP contribution in [0.3, 0.4) is 0 Å². The molecule has 1 saturated carbocycles. The fourth-order valence-electron chi connectivity index (χ4n) is 2.89. The molecule has 0 bridgehead atoms. The molecule has 1 aliphatic carbocycles. The summed E-state index contributed by atoms with van der Waals surface area (Å²) in [7, 11) is 0. The number of hydrogen-bond acceptors (Lipinski definition) is 2. The number of hydrogen-bond donors (Lipinski definition) is 2. The van der Waals surface area contributed by atoms with Gasteiger partial charge in [-0.2, -0.15) is 0 Å². The molecule has 2 rings (SSSR count). The molecule has 0 heterocycles. The largest absolute Gasteiger partial charge is 0.480 e. The van der Waals surface area contributed by atoms with Crippen LogP contribution in [-0.4, -0.2) is 11.1 Å². The number of benzene rings is 1. The molecule has 1 aliphatic rings. The molecule has 0 aliphatic heterocycles. The Morgan fingerprint density at radius 2 is 1.78 bits per heavy atom. The van der Waals surface area contributed by atoms with Crippen LogP contribution in [0.25, 0.3) is 0 Å². The Kier molecular flexibility index (Phi) is 4.37. The van der Waals surface area contributed by atoms with Gasteiger partial charge in [-0.05, 0) is 29.9 Å². The van der Waals surface area contributed by atoms with Gasteiger partial charge in [0.1, 0.15) is 6.04 Å². The number of carbonyl (C=O) groups is 1. The van der Waals surface area contributed by atoms with E-state index in [9.17, 15) is 4.79 Å². The van der Waals surface area contributed by atoms with E-state index in [4.69, 9.17) is 10.8 Å². The molecular formula is C15H21NO2. The molecule has 1 aromatic carbocycles. The summed E-state index contributed by atoms with van der Waals surface area (Å²) in [4.78, 5) is 11.1. The van der Waals surface area contributed by atoms with Gasteiger partial charge >= 0.3 is 5.97 Å². The summed E-state index contributed by atoms with van der Waals surface area (Å²) >= 11 is 0.